The summed E-state index contributed by atoms with van der Waals surface area (Å²) in [6.07, 6.45) is 0.850. The first-order valence-corrected chi connectivity index (χ1v) is 7.23. The first kappa shape index (κ1) is 15.2. The van der Waals surface area contributed by atoms with Crippen LogP contribution in [0.2, 0.25) is 0 Å². The lowest BCUT2D eigenvalue weighted by Gasteiger charge is -2.19. The molecule has 20 heavy (non-hydrogen) atoms. The fourth-order valence-electron chi connectivity index (χ4n) is 2.37. The molecule has 2 aliphatic rings. The first-order valence-electron chi connectivity index (χ1n) is 6.25. The van der Waals surface area contributed by atoms with Crippen molar-refractivity contribution < 1.29 is 9.59 Å². The lowest BCUT2D eigenvalue weighted by molar-refractivity contribution is -0.113. The first-order chi connectivity index (χ1) is 9.13. The van der Waals surface area contributed by atoms with Crippen LogP contribution in [0.25, 0.3) is 0 Å². The Morgan fingerprint density at radius 1 is 1.45 bits per heavy atom. The number of benzene rings is 1. The number of anilines is 1. The standard InChI is InChI=1S/C13H15N3O2S.ClH/c14-9-3-4-16(6-9)13(18)8-1-2-11-10(5-8)15-12(17)7-19-11;/h1-2,5,9H,3-4,6-7,14H2,(H,15,17);1H/t9-;/m1./s1. The van der Waals surface area contributed by atoms with E-state index in [0.717, 1.165) is 17.0 Å². The van der Waals surface area contributed by atoms with Crippen molar-refractivity contribution in [1.82, 2.24) is 4.90 Å². The number of nitrogens with zero attached hydrogens (tertiary/aromatic N) is 1. The number of hydrogen-bond donors (Lipinski definition) is 2. The molecule has 0 aromatic heterocycles. The summed E-state index contributed by atoms with van der Waals surface area (Å²) in [4.78, 5) is 26.4. The normalized spacial score (nSPS) is 20.9. The van der Waals surface area contributed by atoms with E-state index in [0.29, 0.717) is 24.4 Å². The average molecular weight is 314 g/mol. The molecule has 1 aromatic rings. The highest BCUT2D eigenvalue weighted by molar-refractivity contribution is 8.00. The number of carbonyl (C=O) groups excluding carboxylic acids is 2. The van der Waals surface area contributed by atoms with Crippen molar-refractivity contribution >= 4 is 41.7 Å². The van der Waals surface area contributed by atoms with Crippen LogP contribution in [0.3, 0.4) is 0 Å². The topological polar surface area (TPSA) is 75.4 Å². The minimum Gasteiger partial charge on any atom is -0.337 e. The van der Waals surface area contributed by atoms with Crippen LogP contribution in [0.4, 0.5) is 5.69 Å². The van der Waals surface area contributed by atoms with Crippen LogP contribution in [0.1, 0.15) is 16.8 Å². The number of nitrogens with two attached hydrogens (primary N) is 1. The minimum atomic E-state index is -0.0229. The molecular weight excluding hydrogens is 298 g/mol. The summed E-state index contributed by atoms with van der Waals surface area (Å²) in [7, 11) is 0. The lowest BCUT2D eigenvalue weighted by Crippen LogP contribution is -2.32. The van der Waals surface area contributed by atoms with E-state index >= 15 is 0 Å². The van der Waals surface area contributed by atoms with E-state index in [1.807, 2.05) is 12.1 Å². The molecule has 0 saturated carbocycles. The number of amides is 2. The second-order valence-electron chi connectivity index (χ2n) is 4.85. The molecule has 0 aliphatic carbocycles. The number of fused-ring (bicyclic) bond motifs is 1. The van der Waals surface area contributed by atoms with Gasteiger partial charge in [-0.05, 0) is 24.6 Å². The van der Waals surface area contributed by atoms with Gasteiger partial charge in [0.15, 0.2) is 0 Å². The van der Waals surface area contributed by atoms with Gasteiger partial charge in [0, 0.05) is 29.6 Å². The number of nitrogens with one attached hydrogen (secondary N) is 1. The smallest absolute Gasteiger partial charge is 0.253 e. The van der Waals surface area contributed by atoms with E-state index in [-0.39, 0.29) is 30.3 Å². The molecule has 0 spiro atoms. The van der Waals surface area contributed by atoms with E-state index in [2.05, 4.69) is 5.32 Å². The molecule has 7 heteroatoms. The number of halogens is 1. The Bertz CT molecular complexity index is 552. The van der Waals surface area contributed by atoms with Crippen molar-refractivity contribution in [2.24, 2.45) is 5.73 Å². The van der Waals surface area contributed by atoms with Crippen LogP contribution in [0.15, 0.2) is 23.1 Å². The van der Waals surface area contributed by atoms with Gasteiger partial charge in [-0.15, -0.1) is 24.2 Å². The Morgan fingerprint density at radius 2 is 2.25 bits per heavy atom. The van der Waals surface area contributed by atoms with Crippen LogP contribution < -0.4 is 11.1 Å². The molecule has 1 aromatic carbocycles. The zero-order valence-electron chi connectivity index (χ0n) is 10.8. The zero-order valence-corrected chi connectivity index (χ0v) is 12.4. The van der Waals surface area contributed by atoms with Crippen LogP contribution in [-0.2, 0) is 4.79 Å². The third-order valence-corrected chi connectivity index (χ3v) is 4.44. The summed E-state index contributed by atoms with van der Waals surface area (Å²) >= 11 is 1.49. The number of hydrogen-bond acceptors (Lipinski definition) is 4. The van der Waals surface area contributed by atoms with Crippen LogP contribution >= 0.6 is 24.2 Å². The molecule has 0 radical (unpaired) electrons. The van der Waals surface area contributed by atoms with E-state index in [4.69, 9.17) is 5.73 Å². The number of carbonyl (C=O) groups is 2. The Morgan fingerprint density at radius 3 is 2.95 bits per heavy atom. The third-order valence-electron chi connectivity index (χ3n) is 3.37. The largest absolute Gasteiger partial charge is 0.337 e. The minimum absolute atomic E-state index is 0. The highest BCUT2D eigenvalue weighted by atomic mass is 35.5. The van der Waals surface area contributed by atoms with Crippen LogP contribution in [0, 0.1) is 0 Å². The summed E-state index contributed by atoms with van der Waals surface area (Å²) < 4.78 is 0. The maximum atomic E-state index is 12.3. The molecule has 1 saturated heterocycles. The van der Waals surface area contributed by atoms with E-state index in [9.17, 15) is 9.59 Å². The predicted molar refractivity (Wildman–Crippen MR) is 81.5 cm³/mol. The molecule has 5 nitrogen and oxygen atoms in total. The SMILES string of the molecule is Cl.N[C@@H]1CCN(C(=O)c2ccc3c(c2)NC(=O)CS3)C1. The van der Waals surface area contributed by atoms with Crippen LogP contribution in [0.5, 0.6) is 0 Å². The summed E-state index contributed by atoms with van der Waals surface area (Å²) in [6, 6.07) is 5.54. The van der Waals surface area contributed by atoms with Gasteiger partial charge in [-0.3, -0.25) is 9.59 Å². The maximum absolute atomic E-state index is 12.3. The summed E-state index contributed by atoms with van der Waals surface area (Å²) in [5, 5.41) is 2.80. The molecule has 2 amide bonds. The van der Waals surface area contributed by atoms with Crippen LogP contribution in [-0.4, -0.2) is 41.6 Å². The Balaban J connectivity index is 0.00000147. The molecule has 2 heterocycles. The Hall–Kier alpha value is -1.24. The highest BCUT2D eigenvalue weighted by Gasteiger charge is 2.25. The van der Waals surface area contributed by atoms with E-state index in [1.54, 1.807) is 11.0 Å². The number of rotatable bonds is 1. The van der Waals surface area contributed by atoms with Gasteiger partial charge in [-0.25, -0.2) is 0 Å². The number of likely N-dealkylation sites (tertiary alicyclic amines) is 1. The van der Waals surface area contributed by atoms with Crippen molar-refractivity contribution in [2.45, 2.75) is 17.4 Å². The molecule has 0 bridgehead atoms. The van der Waals surface area contributed by atoms with Crippen molar-refractivity contribution in [2.75, 3.05) is 24.2 Å². The lowest BCUT2D eigenvalue weighted by atomic mass is 10.1. The molecule has 1 fully saturated rings. The predicted octanol–water partition coefficient (Wildman–Crippen LogP) is 1.33. The fourth-order valence-corrected chi connectivity index (χ4v) is 3.16. The van der Waals surface area contributed by atoms with Gasteiger partial charge in [0.05, 0.1) is 11.4 Å². The Kier molecular flexibility index (Phi) is 4.57. The molecular formula is C13H16ClN3O2S. The summed E-state index contributed by atoms with van der Waals surface area (Å²) in [5.41, 5.74) is 7.15. The van der Waals surface area contributed by atoms with Crippen molar-refractivity contribution in [3.8, 4) is 0 Å². The van der Waals surface area contributed by atoms with Gasteiger partial charge in [-0.1, -0.05) is 0 Å². The fraction of sp³-hybridized carbons (Fsp3) is 0.385. The average Bonchev–Trinajstić information content (AvgIpc) is 2.83. The number of thioether (sulfide) groups is 1. The highest BCUT2D eigenvalue weighted by Crippen LogP contribution is 2.32. The molecule has 2 aliphatic heterocycles. The van der Waals surface area contributed by atoms with Gasteiger partial charge >= 0.3 is 0 Å². The Labute approximate surface area is 127 Å². The van der Waals surface area contributed by atoms with Gasteiger partial charge in [0.25, 0.3) is 5.91 Å². The van der Waals surface area contributed by atoms with Gasteiger partial charge in [-0.2, -0.15) is 0 Å². The molecule has 3 rings (SSSR count). The molecule has 0 unspecified atom stereocenters. The summed E-state index contributed by atoms with van der Waals surface area (Å²) in [5.74, 6) is 0.396. The zero-order chi connectivity index (χ0) is 13.4. The second kappa shape index (κ2) is 6.03. The quantitative estimate of drug-likeness (QED) is 0.820. The van der Waals surface area contributed by atoms with Crippen molar-refractivity contribution in [1.29, 1.82) is 0 Å². The van der Waals surface area contributed by atoms with Gasteiger partial charge in [0.2, 0.25) is 5.91 Å². The summed E-state index contributed by atoms with van der Waals surface area (Å²) in [6.45, 7) is 1.31. The van der Waals surface area contributed by atoms with Gasteiger partial charge < -0.3 is 16.0 Å². The second-order valence-corrected chi connectivity index (χ2v) is 5.86. The molecule has 1 atom stereocenters. The maximum Gasteiger partial charge on any atom is 0.253 e. The molecule has 108 valence electrons. The van der Waals surface area contributed by atoms with Crippen molar-refractivity contribution in [3.63, 3.8) is 0 Å². The van der Waals surface area contributed by atoms with Gasteiger partial charge in [0.1, 0.15) is 0 Å². The van der Waals surface area contributed by atoms with E-state index < -0.39 is 0 Å². The van der Waals surface area contributed by atoms with Crippen molar-refractivity contribution in [3.05, 3.63) is 23.8 Å². The van der Waals surface area contributed by atoms with E-state index in [1.165, 1.54) is 11.8 Å². The molecule has 3 N–H and O–H groups in total. The monoisotopic (exact) mass is 313 g/mol. The third kappa shape index (κ3) is 2.92.